The number of nitrogens with one attached hydrogen (secondary N) is 1. The molecule has 0 bridgehead atoms. The minimum atomic E-state index is 0.0927. The van der Waals surface area contributed by atoms with Crippen LogP contribution in [0.4, 0.5) is 0 Å². The van der Waals surface area contributed by atoms with Gasteiger partial charge in [0.1, 0.15) is 0 Å². The van der Waals surface area contributed by atoms with Gasteiger partial charge in [-0.3, -0.25) is 4.79 Å². The highest BCUT2D eigenvalue weighted by molar-refractivity contribution is 5.82. The predicted molar refractivity (Wildman–Crippen MR) is 69.8 cm³/mol. The second-order valence-electron chi connectivity index (χ2n) is 5.75. The average Bonchev–Trinajstić information content (AvgIpc) is 3.14. The van der Waals surface area contributed by atoms with Crippen LogP contribution in [0, 0.1) is 11.8 Å². The van der Waals surface area contributed by atoms with Crippen LogP contribution in [-0.2, 0) is 4.79 Å². The van der Waals surface area contributed by atoms with E-state index < -0.39 is 0 Å². The first-order valence-electron chi connectivity index (χ1n) is 7.24. The molecule has 1 heterocycles. The molecule has 0 aromatic heterocycles. The first kappa shape index (κ1) is 12.9. The van der Waals surface area contributed by atoms with Gasteiger partial charge in [0.15, 0.2) is 0 Å². The summed E-state index contributed by atoms with van der Waals surface area (Å²) >= 11 is 0. The van der Waals surface area contributed by atoms with Crippen molar-refractivity contribution in [2.75, 3.05) is 19.6 Å². The molecule has 1 aliphatic heterocycles. The lowest BCUT2D eigenvalue weighted by molar-refractivity contribution is -0.136. The lowest BCUT2D eigenvalue weighted by atomic mass is 10.0. The zero-order valence-corrected chi connectivity index (χ0v) is 11.2. The maximum Gasteiger partial charge on any atom is 0.239 e. The van der Waals surface area contributed by atoms with Crippen LogP contribution in [0.15, 0.2) is 0 Å². The molecule has 1 amide bonds. The number of carbonyl (C=O) groups excluding carboxylic acids is 1. The highest BCUT2D eigenvalue weighted by atomic mass is 16.2. The maximum atomic E-state index is 12.3. The van der Waals surface area contributed by atoms with Crippen LogP contribution in [0.5, 0.6) is 0 Å². The van der Waals surface area contributed by atoms with Gasteiger partial charge in [-0.25, -0.2) is 0 Å². The van der Waals surface area contributed by atoms with E-state index in [1.807, 2.05) is 0 Å². The fourth-order valence-electron chi connectivity index (χ4n) is 2.79. The van der Waals surface area contributed by atoms with Gasteiger partial charge in [0.2, 0.25) is 5.91 Å². The van der Waals surface area contributed by atoms with Crippen molar-refractivity contribution in [3.05, 3.63) is 0 Å². The van der Waals surface area contributed by atoms with Gasteiger partial charge >= 0.3 is 0 Å². The Morgan fingerprint density at radius 1 is 1.41 bits per heavy atom. The van der Waals surface area contributed by atoms with E-state index in [2.05, 4.69) is 24.1 Å². The van der Waals surface area contributed by atoms with Crippen LogP contribution >= 0.6 is 0 Å². The summed E-state index contributed by atoms with van der Waals surface area (Å²) < 4.78 is 0. The molecular weight excluding hydrogens is 212 g/mol. The van der Waals surface area contributed by atoms with Crippen LogP contribution in [0.3, 0.4) is 0 Å². The van der Waals surface area contributed by atoms with E-state index in [1.165, 1.54) is 12.8 Å². The van der Waals surface area contributed by atoms with Gasteiger partial charge in [-0.15, -0.1) is 0 Å². The van der Waals surface area contributed by atoms with Gasteiger partial charge in [0.25, 0.3) is 0 Å². The summed E-state index contributed by atoms with van der Waals surface area (Å²) in [6.45, 7) is 7.36. The summed E-state index contributed by atoms with van der Waals surface area (Å²) in [7, 11) is 0. The van der Waals surface area contributed by atoms with Gasteiger partial charge in [0, 0.05) is 13.1 Å². The number of nitrogens with zero attached hydrogens (tertiary/aromatic N) is 1. The topological polar surface area (TPSA) is 32.3 Å². The number of hydrogen-bond acceptors (Lipinski definition) is 2. The summed E-state index contributed by atoms with van der Waals surface area (Å²) in [6, 6.07) is 0.0927. The molecule has 3 heteroatoms. The van der Waals surface area contributed by atoms with E-state index in [0.29, 0.717) is 11.8 Å². The number of rotatable bonds is 6. The number of hydrogen-bond donors (Lipinski definition) is 1. The Morgan fingerprint density at radius 2 is 2.18 bits per heavy atom. The Hall–Kier alpha value is -0.570. The Labute approximate surface area is 105 Å². The van der Waals surface area contributed by atoms with Crippen LogP contribution in [-0.4, -0.2) is 36.5 Å². The third kappa shape index (κ3) is 3.44. The second kappa shape index (κ2) is 5.85. The number of likely N-dealkylation sites (tertiary alicyclic amines) is 1. The van der Waals surface area contributed by atoms with E-state index in [-0.39, 0.29) is 6.04 Å². The van der Waals surface area contributed by atoms with Gasteiger partial charge < -0.3 is 10.2 Å². The van der Waals surface area contributed by atoms with Crippen molar-refractivity contribution >= 4 is 5.91 Å². The molecule has 2 unspecified atom stereocenters. The molecule has 2 rings (SSSR count). The van der Waals surface area contributed by atoms with Gasteiger partial charge in [-0.05, 0) is 50.5 Å². The Kier molecular flexibility index (Phi) is 4.43. The minimum absolute atomic E-state index is 0.0927. The number of piperidine rings is 1. The van der Waals surface area contributed by atoms with Crippen molar-refractivity contribution in [1.82, 2.24) is 10.2 Å². The normalized spacial score (nSPS) is 27.3. The third-order valence-corrected chi connectivity index (χ3v) is 4.11. The van der Waals surface area contributed by atoms with Crippen LogP contribution in [0.25, 0.3) is 0 Å². The molecule has 2 atom stereocenters. The van der Waals surface area contributed by atoms with Crippen LogP contribution in [0.2, 0.25) is 0 Å². The molecule has 0 aromatic carbocycles. The first-order chi connectivity index (χ1) is 8.22. The van der Waals surface area contributed by atoms with Crippen LogP contribution < -0.4 is 5.32 Å². The summed E-state index contributed by atoms with van der Waals surface area (Å²) in [5, 5.41) is 3.38. The second-order valence-corrected chi connectivity index (χ2v) is 5.75. The molecule has 98 valence electrons. The van der Waals surface area contributed by atoms with E-state index in [4.69, 9.17) is 0 Å². The van der Waals surface area contributed by atoms with E-state index >= 15 is 0 Å². The van der Waals surface area contributed by atoms with Gasteiger partial charge in [-0.2, -0.15) is 0 Å². The largest absolute Gasteiger partial charge is 0.341 e. The van der Waals surface area contributed by atoms with Crippen molar-refractivity contribution < 1.29 is 4.79 Å². The van der Waals surface area contributed by atoms with Crippen LogP contribution in [0.1, 0.15) is 46.0 Å². The zero-order chi connectivity index (χ0) is 12.3. The molecule has 2 aliphatic rings. The first-order valence-corrected chi connectivity index (χ1v) is 7.24. The monoisotopic (exact) mass is 238 g/mol. The lowest BCUT2D eigenvalue weighted by Crippen LogP contribution is -2.51. The fraction of sp³-hybridized carbons (Fsp3) is 0.929. The molecule has 1 saturated carbocycles. The van der Waals surface area contributed by atoms with Gasteiger partial charge in [0.05, 0.1) is 6.04 Å². The van der Waals surface area contributed by atoms with Gasteiger partial charge in [-0.1, -0.05) is 13.8 Å². The highest BCUT2D eigenvalue weighted by Crippen LogP contribution is 2.37. The Bertz CT molecular complexity index is 263. The minimum Gasteiger partial charge on any atom is -0.341 e. The van der Waals surface area contributed by atoms with E-state index in [1.54, 1.807) is 0 Å². The number of amides is 1. The smallest absolute Gasteiger partial charge is 0.239 e. The Balaban J connectivity index is 1.82. The lowest BCUT2D eigenvalue weighted by Gasteiger charge is -2.34. The fourth-order valence-corrected chi connectivity index (χ4v) is 2.79. The summed E-state index contributed by atoms with van der Waals surface area (Å²) in [5.74, 6) is 1.94. The predicted octanol–water partition coefficient (Wildman–Crippen LogP) is 2.02. The quantitative estimate of drug-likeness (QED) is 0.768. The van der Waals surface area contributed by atoms with Crippen molar-refractivity contribution in [3.63, 3.8) is 0 Å². The maximum absolute atomic E-state index is 12.3. The molecule has 17 heavy (non-hydrogen) atoms. The number of carbonyl (C=O) groups is 1. The van der Waals surface area contributed by atoms with Crippen molar-refractivity contribution in [2.24, 2.45) is 11.8 Å². The summed E-state index contributed by atoms with van der Waals surface area (Å²) in [6.07, 6.45) is 6.03. The average molecular weight is 238 g/mol. The molecule has 0 spiro atoms. The van der Waals surface area contributed by atoms with E-state index in [9.17, 15) is 4.79 Å². The summed E-state index contributed by atoms with van der Waals surface area (Å²) in [5.41, 5.74) is 0. The molecule has 0 radical (unpaired) electrons. The van der Waals surface area contributed by atoms with Crippen molar-refractivity contribution in [1.29, 1.82) is 0 Å². The third-order valence-electron chi connectivity index (χ3n) is 4.11. The molecule has 1 aliphatic carbocycles. The SMILES string of the molecule is CCCNC1CCCN(CC(C)C2CC2)C1=O. The summed E-state index contributed by atoms with van der Waals surface area (Å²) in [4.78, 5) is 14.4. The van der Waals surface area contributed by atoms with Crippen molar-refractivity contribution in [2.45, 2.75) is 52.0 Å². The molecular formula is C14H26N2O. The Morgan fingerprint density at radius 3 is 2.82 bits per heavy atom. The van der Waals surface area contributed by atoms with Crippen molar-refractivity contribution in [3.8, 4) is 0 Å². The molecule has 1 N–H and O–H groups in total. The standard InChI is InChI=1S/C14H26N2O/c1-3-8-15-13-5-4-9-16(14(13)17)10-11(2)12-6-7-12/h11-13,15H,3-10H2,1-2H3. The molecule has 1 saturated heterocycles. The molecule has 2 fully saturated rings. The highest BCUT2D eigenvalue weighted by Gasteiger charge is 2.33. The molecule has 3 nitrogen and oxygen atoms in total. The van der Waals surface area contributed by atoms with E-state index in [0.717, 1.165) is 44.8 Å². The zero-order valence-electron chi connectivity index (χ0n) is 11.2. The molecule has 0 aromatic rings.